The molecule has 26 heavy (non-hydrogen) atoms. The molecule has 2 unspecified atom stereocenters. The SMILES string of the molecule is CC(C)C(NS(=O)(=O)c1ccccc1)C(=O)NC1CCNNC(=O)C1=O. The maximum Gasteiger partial charge on any atom is 0.303 e. The van der Waals surface area contributed by atoms with Crippen molar-refractivity contribution in [1.82, 2.24) is 20.9 Å². The van der Waals surface area contributed by atoms with Gasteiger partial charge in [0.25, 0.3) is 0 Å². The van der Waals surface area contributed by atoms with E-state index in [1.165, 1.54) is 12.1 Å². The first-order chi connectivity index (χ1) is 12.2. The van der Waals surface area contributed by atoms with Crippen molar-refractivity contribution >= 4 is 27.6 Å². The van der Waals surface area contributed by atoms with E-state index in [0.717, 1.165) is 0 Å². The van der Waals surface area contributed by atoms with Crippen molar-refractivity contribution in [3.05, 3.63) is 30.3 Å². The van der Waals surface area contributed by atoms with Crippen LogP contribution in [0.25, 0.3) is 0 Å². The molecule has 1 aromatic rings. The van der Waals surface area contributed by atoms with Crippen molar-refractivity contribution in [2.75, 3.05) is 6.54 Å². The fourth-order valence-corrected chi connectivity index (χ4v) is 3.80. The van der Waals surface area contributed by atoms with Crippen molar-refractivity contribution in [1.29, 1.82) is 0 Å². The fraction of sp³-hybridized carbons (Fsp3) is 0.438. The lowest BCUT2D eigenvalue weighted by atomic mass is 10.0. The molecule has 1 heterocycles. The van der Waals surface area contributed by atoms with E-state index in [-0.39, 0.29) is 17.2 Å². The van der Waals surface area contributed by atoms with Crippen LogP contribution in [-0.2, 0) is 24.4 Å². The van der Waals surface area contributed by atoms with Crippen LogP contribution in [0.1, 0.15) is 20.3 Å². The minimum atomic E-state index is -3.91. The van der Waals surface area contributed by atoms with Gasteiger partial charge >= 0.3 is 5.91 Å². The molecule has 2 amide bonds. The summed E-state index contributed by atoms with van der Waals surface area (Å²) in [4.78, 5) is 36.1. The number of carbonyl (C=O) groups is 3. The van der Waals surface area contributed by atoms with Gasteiger partial charge in [0.05, 0.1) is 10.9 Å². The van der Waals surface area contributed by atoms with E-state index in [9.17, 15) is 22.8 Å². The van der Waals surface area contributed by atoms with Gasteiger partial charge in [-0.15, -0.1) is 0 Å². The molecule has 0 saturated carbocycles. The Labute approximate surface area is 151 Å². The first-order valence-electron chi connectivity index (χ1n) is 8.17. The monoisotopic (exact) mass is 382 g/mol. The molecule has 9 nitrogen and oxygen atoms in total. The average molecular weight is 382 g/mol. The maximum absolute atomic E-state index is 12.6. The standard InChI is InChI=1S/C16H22N4O5S/c1-10(2)13(20-26(24,25)11-6-4-3-5-7-11)15(22)18-12-8-9-17-19-16(23)14(12)21/h3-7,10,12-13,17,20H,8-9H2,1-2H3,(H,18,22)(H,19,23). The largest absolute Gasteiger partial charge is 0.344 e. The van der Waals surface area contributed by atoms with Crippen LogP contribution in [0.4, 0.5) is 0 Å². The molecule has 0 bridgehead atoms. The van der Waals surface area contributed by atoms with Crippen LogP contribution in [0.2, 0.25) is 0 Å². The van der Waals surface area contributed by atoms with Gasteiger partial charge in [-0.3, -0.25) is 19.8 Å². The van der Waals surface area contributed by atoms with E-state index in [1.54, 1.807) is 32.0 Å². The Kier molecular flexibility index (Phi) is 6.46. The van der Waals surface area contributed by atoms with E-state index in [0.29, 0.717) is 6.54 Å². The summed E-state index contributed by atoms with van der Waals surface area (Å²) in [6, 6.07) is 5.57. The molecule has 2 rings (SSSR count). The van der Waals surface area contributed by atoms with Gasteiger partial charge in [0.1, 0.15) is 6.04 Å². The summed E-state index contributed by atoms with van der Waals surface area (Å²) in [5.74, 6) is -2.66. The number of ketones is 1. The zero-order valence-corrected chi connectivity index (χ0v) is 15.3. The summed E-state index contributed by atoms with van der Waals surface area (Å²) in [7, 11) is -3.91. The first-order valence-corrected chi connectivity index (χ1v) is 9.65. The molecule has 1 aliphatic heterocycles. The van der Waals surface area contributed by atoms with Gasteiger partial charge in [0.2, 0.25) is 21.7 Å². The highest BCUT2D eigenvalue weighted by Crippen LogP contribution is 2.12. The Bertz CT molecular complexity index is 779. The predicted octanol–water partition coefficient (Wildman–Crippen LogP) is -0.932. The van der Waals surface area contributed by atoms with Gasteiger partial charge in [0.15, 0.2) is 0 Å². The van der Waals surface area contributed by atoms with Crippen LogP contribution < -0.4 is 20.9 Å². The third-order valence-corrected chi connectivity index (χ3v) is 5.36. The Morgan fingerprint density at radius 1 is 1.19 bits per heavy atom. The third-order valence-electron chi connectivity index (χ3n) is 3.90. The smallest absolute Gasteiger partial charge is 0.303 e. The van der Waals surface area contributed by atoms with Gasteiger partial charge in [-0.2, -0.15) is 4.72 Å². The van der Waals surface area contributed by atoms with Gasteiger partial charge in [-0.1, -0.05) is 32.0 Å². The van der Waals surface area contributed by atoms with Crippen molar-refractivity contribution in [2.24, 2.45) is 5.92 Å². The first kappa shape index (κ1) is 20.0. The zero-order valence-electron chi connectivity index (χ0n) is 14.5. The molecule has 0 aliphatic carbocycles. The normalized spacial score (nSPS) is 19.6. The highest BCUT2D eigenvalue weighted by Gasteiger charge is 2.33. The molecule has 1 fully saturated rings. The lowest BCUT2D eigenvalue weighted by Gasteiger charge is -2.24. The summed E-state index contributed by atoms with van der Waals surface area (Å²) in [6.45, 7) is 3.66. The highest BCUT2D eigenvalue weighted by atomic mass is 32.2. The minimum Gasteiger partial charge on any atom is -0.344 e. The van der Waals surface area contributed by atoms with Gasteiger partial charge in [-0.05, 0) is 24.5 Å². The molecule has 1 aromatic carbocycles. The minimum absolute atomic E-state index is 0.0348. The summed E-state index contributed by atoms with van der Waals surface area (Å²) in [5.41, 5.74) is 4.77. The number of sulfonamides is 1. The summed E-state index contributed by atoms with van der Waals surface area (Å²) < 4.78 is 27.3. The number of hydrogen-bond donors (Lipinski definition) is 4. The Hall–Kier alpha value is -2.30. The lowest BCUT2D eigenvalue weighted by Crippen LogP contribution is -2.54. The second kappa shape index (κ2) is 8.39. The Morgan fingerprint density at radius 2 is 1.85 bits per heavy atom. The number of Topliss-reactive ketones (excluding diaryl/α,β-unsaturated/α-hetero) is 1. The molecule has 0 radical (unpaired) electrons. The van der Waals surface area contributed by atoms with Crippen molar-refractivity contribution < 1.29 is 22.8 Å². The number of carbonyl (C=O) groups excluding carboxylic acids is 3. The second-order valence-electron chi connectivity index (χ2n) is 6.25. The lowest BCUT2D eigenvalue weighted by molar-refractivity contribution is -0.140. The summed E-state index contributed by atoms with van der Waals surface area (Å²) in [6.07, 6.45) is 0.208. The number of amides is 2. The zero-order chi connectivity index (χ0) is 19.3. The molecule has 0 spiro atoms. The van der Waals surface area contributed by atoms with Crippen LogP contribution >= 0.6 is 0 Å². The van der Waals surface area contributed by atoms with Crippen LogP contribution in [0, 0.1) is 5.92 Å². The molecular formula is C16H22N4O5S. The fourth-order valence-electron chi connectivity index (χ4n) is 2.44. The van der Waals surface area contributed by atoms with Crippen LogP contribution in [0.5, 0.6) is 0 Å². The number of benzene rings is 1. The number of rotatable bonds is 6. The van der Waals surface area contributed by atoms with Crippen molar-refractivity contribution in [2.45, 2.75) is 37.2 Å². The quantitative estimate of drug-likeness (QED) is 0.470. The molecule has 4 N–H and O–H groups in total. The van der Waals surface area contributed by atoms with Gasteiger partial charge in [-0.25, -0.2) is 13.8 Å². The van der Waals surface area contributed by atoms with Crippen molar-refractivity contribution in [3.63, 3.8) is 0 Å². The van der Waals surface area contributed by atoms with E-state index < -0.39 is 39.7 Å². The van der Waals surface area contributed by atoms with E-state index in [4.69, 9.17) is 0 Å². The molecule has 0 aromatic heterocycles. The van der Waals surface area contributed by atoms with Crippen molar-refractivity contribution in [3.8, 4) is 0 Å². The maximum atomic E-state index is 12.6. The van der Waals surface area contributed by atoms with E-state index >= 15 is 0 Å². The summed E-state index contributed by atoms with van der Waals surface area (Å²) >= 11 is 0. The third kappa shape index (κ3) is 4.87. The second-order valence-corrected chi connectivity index (χ2v) is 7.97. The Morgan fingerprint density at radius 3 is 2.46 bits per heavy atom. The van der Waals surface area contributed by atoms with Gasteiger partial charge < -0.3 is 5.32 Å². The number of hydrazine groups is 1. The molecular weight excluding hydrogens is 360 g/mol. The number of nitrogens with one attached hydrogen (secondary N) is 4. The molecule has 1 saturated heterocycles. The average Bonchev–Trinajstić information content (AvgIpc) is 2.76. The summed E-state index contributed by atoms with van der Waals surface area (Å²) in [5, 5.41) is 2.48. The molecule has 1 aliphatic rings. The van der Waals surface area contributed by atoms with Crippen LogP contribution in [0.15, 0.2) is 35.2 Å². The highest BCUT2D eigenvalue weighted by molar-refractivity contribution is 7.89. The Balaban J connectivity index is 2.15. The van der Waals surface area contributed by atoms with Crippen LogP contribution in [-0.4, -0.2) is 44.6 Å². The predicted molar refractivity (Wildman–Crippen MR) is 93.1 cm³/mol. The molecule has 142 valence electrons. The van der Waals surface area contributed by atoms with Gasteiger partial charge in [0, 0.05) is 6.54 Å². The molecule has 10 heteroatoms. The molecule has 2 atom stereocenters. The van der Waals surface area contributed by atoms with Crippen LogP contribution in [0.3, 0.4) is 0 Å². The van der Waals surface area contributed by atoms with E-state index in [2.05, 4.69) is 20.9 Å². The van der Waals surface area contributed by atoms with E-state index in [1.807, 2.05) is 0 Å². The topological polar surface area (TPSA) is 133 Å². The number of hydrogen-bond acceptors (Lipinski definition) is 6.